The van der Waals surface area contributed by atoms with Crippen LogP contribution in [0, 0.1) is 11.8 Å². The van der Waals surface area contributed by atoms with Gasteiger partial charge in [-0.25, -0.2) is 8.78 Å². The van der Waals surface area contributed by atoms with Crippen LogP contribution < -0.4 is 0 Å². The van der Waals surface area contributed by atoms with Crippen molar-refractivity contribution in [1.29, 1.82) is 0 Å². The summed E-state index contributed by atoms with van der Waals surface area (Å²) in [6, 6.07) is 0. The summed E-state index contributed by atoms with van der Waals surface area (Å²) in [6.07, 6.45) is 3.62. The Morgan fingerprint density at radius 3 is 2.43 bits per heavy atom. The Bertz CT molecular complexity index is 272. The molecule has 1 unspecified atom stereocenters. The van der Waals surface area contributed by atoms with Gasteiger partial charge in [0.05, 0.1) is 0 Å². The van der Waals surface area contributed by atoms with Crippen molar-refractivity contribution in [1.82, 2.24) is 0 Å². The second-order valence-corrected chi connectivity index (χ2v) is 4.60. The van der Waals surface area contributed by atoms with Gasteiger partial charge in [-0.2, -0.15) is 0 Å². The summed E-state index contributed by atoms with van der Waals surface area (Å²) in [6.45, 7) is 4.99. The van der Waals surface area contributed by atoms with Crippen LogP contribution in [0.25, 0.3) is 0 Å². The van der Waals surface area contributed by atoms with Crippen molar-refractivity contribution in [2.24, 2.45) is 11.8 Å². The highest BCUT2D eigenvalue weighted by molar-refractivity contribution is 6.30. The van der Waals surface area contributed by atoms with Gasteiger partial charge in [0.25, 0.3) is 5.92 Å². The first-order valence-electron chi connectivity index (χ1n) is 4.78. The first-order chi connectivity index (χ1) is 6.32. The lowest BCUT2D eigenvalue weighted by atomic mass is 9.86. The molecule has 0 bridgehead atoms. The van der Waals surface area contributed by atoms with Gasteiger partial charge in [-0.1, -0.05) is 31.5 Å². The van der Waals surface area contributed by atoms with Gasteiger partial charge >= 0.3 is 0 Å². The lowest BCUT2D eigenvalue weighted by molar-refractivity contribution is 0.0663. The monoisotopic (exact) mass is 220 g/mol. The van der Waals surface area contributed by atoms with Gasteiger partial charge in [-0.15, -0.1) is 0 Å². The summed E-state index contributed by atoms with van der Waals surface area (Å²) in [5.41, 5.74) is 0.0411. The van der Waals surface area contributed by atoms with Crippen molar-refractivity contribution in [3.8, 4) is 0 Å². The fourth-order valence-electron chi connectivity index (χ4n) is 1.58. The number of halogens is 3. The molecule has 0 spiro atoms. The van der Waals surface area contributed by atoms with E-state index in [-0.39, 0.29) is 11.5 Å². The van der Waals surface area contributed by atoms with Crippen molar-refractivity contribution in [3.05, 3.63) is 22.8 Å². The van der Waals surface area contributed by atoms with Crippen molar-refractivity contribution in [3.63, 3.8) is 0 Å². The maximum Gasteiger partial charge on any atom is 0.270 e. The predicted molar refractivity (Wildman–Crippen MR) is 55.6 cm³/mol. The van der Waals surface area contributed by atoms with Crippen molar-refractivity contribution < 1.29 is 8.78 Å². The molecular weight excluding hydrogens is 206 g/mol. The van der Waals surface area contributed by atoms with Gasteiger partial charge in [0, 0.05) is 23.4 Å². The Labute approximate surface area is 88.6 Å². The Morgan fingerprint density at radius 1 is 1.50 bits per heavy atom. The zero-order valence-corrected chi connectivity index (χ0v) is 9.41. The number of hydrogen-bond donors (Lipinski definition) is 0. The van der Waals surface area contributed by atoms with E-state index in [0.717, 1.165) is 6.92 Å². The third-order valence-corrected chi connectivity index (χ3v) is 2.94. The van der Waals surface area contributed by atoms with Crippen LogP contribution in [0.3, 0.4) is 0 Å². The minimum absolute atomic E-state index is 0.0411. The van der Waals surface area contributed by atoms with E-state index in [1.165, 1.54) is 6.08 Å². The van der Waals surface area contributed by atoms with E-state index < -0.39 is 5.92 Å². The average Bonchev–Trinajstić information content (AvgIpc) is 2.01. The molecule has 0 nitrogen and oxygen atoms in total. The van der Waals surface area contributed by atoms with E-state index in [1.54, 1.807) is 6.08 Å². The first kappa shape index (κ1) is 11.7. The number of rotatable bonds is 2. The second-order valence-electron chi connectivity index (χ2n) is 4.16. The van der Waals surface area contributed by atoms with Crippen LogP contribution in [0.1, 0.15) is 27.2 Å². The standard InChI is InChI=1S/C11H15ClF2/c1-7(2)9-5-4-8(6-10(9)12)11(3,13)14/h4,6-7,9H,5H2,1-3H3. The Kier molecular flexibility index (Phi) is 3.36. The predicted octanol–water partition coefficient (Wildman–Crippen LogP) is 4.37. The molecule has 1 aliphatic carbocycles. The summed E-state index contributed by atoms with van der Waals surface area (Å²) in [5.74, 6) is -2.19. The summed E-state index contributed by atoms with van der Waals surface area (Å²) in [5, 5.41) is 0.555. The molecule has 0 radical (unpaired) electrons. The van der Waals surface area contributed by atoms with E-state index in [1.807, 2.05) is 13.8 Å². The van der Waals surface area contributed by atoms with Crippen LogP contribution >= 0.6 is 11.6 Å². The van der Waals surface area contributed by atoms with Gasteiger partial charge in [0.2, 0.25) is 0 Å². The van der Waals surface area contributed by atoms with E-state index in [2.05, 4.69) is 0 Å². The number of hydrogen-bond acceptors (Lipinski definition) is 0. The second kappa shape index (κ2) is 4.01. The van der Waals surface area contributed by atoms with E-state index in [4.69, 9.17) is 11.6 Å². The van der Waals surface area contributed by atoms with Crippen molar-refractivity contribution in [2.45, 2.75) is 33.1 Å². The van der Waals surface area contributed by atoms with Gasteiger partial charge in [-0.3, -0.25) is 0 Å². The molecule has 0 fully saturated rings. The van der Waals surface area contributed by atoms with Crippen LogP contribution in [-0.2, 0) is 0 Å². The third-order valence-electron chi connectivity index (χ3n) is 2.55. The minimum atomic E-state index is -2.78. The van der Waals surface area contributed by atoms with Crippen molar-refractivity contribution >= 4 is 11.6 Å². The topological polar surface area (TPSA) is 0 Å². The highest BCUT2D eigenvalue weighted by atomic mass is 35.5. The summed E-state index contributed by atoms with van der Waals surface area (Å²) in [7, 11) is 0. The molecular formula is C11H15ClF2. The molecule has 0 aromatic heterocycles. The largest absolute Gasteiger partial charge is 0.270 e. The molecule has 0 saturated heterocycles. The Hall–Kier alpha value is -0.370. The first-order valence-corrected chi connectivity index (χ1v) is 5.15. The van der Waals surface area contributed by atoms with Crippen LogP contribution in [-0.4, -0.2) is 5.92 Å². The highest BCUT2D eigenvalue weighted by Crippen LogP contribution is 2.37. The van der Waals surface area contributed by atoms with E-state index >= 15 is 0 Å². The average molecular weight is 221 g/mol. The van der Waals surface area contributed by atoms with Crippen LogP contribution in [0.4, 0.5) is 8.78 Å². The molecule has 0 aromatic rings. The summed E-state index contributed by atoms with van der Waals surface area (Å²) >= 11 is 5.97. The summed E-state index contributed by atoms with van der Waals surface area (Å²) in [4.78, 5) is 0. The quantitative estimate of drug-likeness (QED) is 0.649. The van der Waals surface area contributed by atoms with Crippen LogP contribution in [0.2, 0.25) is 0 Å². The van der Waals surface area contributed by atoms with Gasteiger partial charge < -0.3 is 0 Å². The Balaban J connectivity index is 2.84. The number of allylic oxidation sites excluding steroid dienone is 4. The molecule has 14 heavy (non-hydrogen) atoms. The third kappa shape index (κ3) is 2.57. The van der Waals surface area contributed by atoms with Crippen molar-refractivity contribution in [2.75, 3.05) is 0 Å². The molecule has 0 saturated carbocycles. The maximum atomic E-state index is 12.9. The lowest BCUT2D eigenvalue weighted by Gasteiger charge is -2.25. The Morgan fingerprint density at radius 2 is 2.07 bits per heavy atom. The van der Waals surface area contributed by atoms with Gasteiger partial charge in [0.15, 0.2) is 0 Å². The fourth-order valence-corrected chi connectivity index (χ4v) is 2.04. The lowest BCUT2D eigenvalue weighted by Crippen LogP contribution is -2.18. The number of alkyl halides is 2. The molecule has 0 N–H and O–H groups in total. The van der Waals surface area contributed by atoms with Gasteiger partial charge in [-0.05, 0) is 18.4 Å². The molecule has 1 aliphatic rings. The van der Waals surface area contributed by atoms with Crippen LogP contribution in [0.15, 0.2) is 22.8 Å². The molecule has 3 heteroatoms. The van der Waals surface area contributed by atoms with Crippen LogP contribution in [0.5, 0.6) is 0 Å². The smallest absolute Gasteiger partial charge is 0.202 e. The zero-order chi connectivity index (χ0) is 10.9. The molecule has 1 rings (SSSR count). The van der Waals surface area contributed by atoms with Gasteiger partial charge in [0.1, 0.15) is 0 Å². The maximum absolute atomic E-state index is 12.9. The van der Waals surface area contributed by atoms with E-state index in [0.29, 0.717) is 17.4 Å². The van der Waals surface area contributed by atoms with E-state index in [9.17, 15) is 8.78 Å². The minimum Gasteiger partial charge on any atom is -0.202 e. The normalized spacial score (nSPS) is 23.5. The SMILES string of the molecule is CC(C)C1CC=C(C(C)(F)F)C=C1Cl. The molecule has 0 heterocycles. The molecule has 0 aliphatic heterocycles. The highest BCUT2D eigenvalue weighted by Gasteiger charge is 2.30. The fraction of sp³-hybridized carbons (Fsp3) is 0.636. The summed E-state index contributed by atoms with van der Waals surface area (Å²) < 4.78 is 25.9. The molecule has 80 valence electrons. The molecule has 0 amide bonds. The molecule has 1 atom stereocenters. The molecule has 0 aromatic carbocycles. The zero-order valence-electron chi connectivity index (χ0n) is 8.65.